The van der Waals surface area contributed by atoms with Gasteiger partial charge < -0.3 is 9.47 Å². The van der Waals surface area contributed by atoms with E-state index in [0.29, 0.717) is 19.6 Å². The molecule has 2 atom stereocenters. The molecule has 2 aliphatic rings. The van der Waals surface area contributed by atoms with Crippen molar-refractivity contribution in [1.82, 2.24) is 9.91 Å². The molecule has 0 saturated carbocycles. The molecule has 4 rings (SSSR count). The summed E-state index contributed by atoms with van der Waals surface area (Å²) in [5.41, 5.74) is 5.36. The van der Waals surface area contributed by atoms with Gasteiger partial charge in [0.1, 0.15) is 5.75 Å². The second kappa shape index (κ2) is 11.0. The molecule has 0 aliphatic carbocycles. The summed E-state index contributed by atoms with van der Waals surface area (Å²) < 4.78 is 10.5. The van der Waals surface area contributed by atoms with E-state index in [4.69, 9.17) is 14.6 Å². The van der Waals surface area contributed by atoms with Crippen molar-refractivity contribution in [2.75, 3.05) is 33.4 Å². The number of hydrogen-bond acceptors (Lipinski definition) is 6. The third kappa shape index (κ3) is 5.73. The Morgan fingerprint density at radius 2 is 1.89 bits per heavy atom. The van der Waals surface area contributed by atoms with Crippen molar-refractivity contribution in [2.45, 2.75) is 46.1 Å². The zero-order chi connectivity index (χ0) is 24.9. The summed E-state index contributed by atoms with van der Waals surface area (Å²) in [6, 6.07) is 14.0. The molecule has 2 aromatic rings. The minimum absolute atomic E-state index is 0.0601. The maximum atomic E-state index is 13.6. The molecule has 0 bridgehead atoms. The first-order valence-electron chi connectivity index (χ1n) is 12.4. The zero-order valence-electron chi connectivity index (χ0n) is 21.1. The Morgan fingerprint density at radius 3 is 2.57 bits per heavy atom. The number of carbonyl (C=O) groups is 2. The van der Waals surface area contributed by atoms with Crippen molar-refractivity contribution in [2.24, 2.45) is 11.0 Å². The number of hydrazone groups is 1. The van der Waals surface area contributed by atoms with Gasteiger partial charge in [-0.15, -0.1) is 0 Å². The number of rotatable bonds is 7. The van der Waals surface area contributed by atoms with E-state index in [1.807, 2.05) is 31.2 Å². The summed E-state index contributed by atoms with van der Waals surface area (Å²) in [6.07, 6.45) is 2.32. The third-order valence-corrected chi connectivity index (χ3v) is 6.84. The van der Waals surface area contributed by atoms with Crippen LogP contribution in [-0.2, 0) is 14.3 Å². The molecule has 2 unspecified atom stereocenters. The molecule has 7 heteroatoms. The predicted octanol–water partition coefficient (Wildman–Crippen LogP) is 4.26. The minimum atomic E-state index is -0.185. The molecule has 0 spiro atoms. The topological polar surface area (TPSA) is 71.4 Å². The van der Waals surface area contributed by atoms with E-state index in [0.717, 1.165) is 47.5 Å². The molecule has 186 valence electrons. The number of carbonyl (C=O) groups excluding carboxylic acids is 2. The van der Waals surface area contributed by atoms with Crippen LogP contribution in [0.15, 0.2) is 47.6 Å². The molecular weight excluding hydrogens is 442 g/mol. The van der Waals surface area contributed by atoms with Gasteiger partial charge in [0, 0.05) is 18.5 Å². The number of nitrogens with zero attached hydrogens (tertiary/aromatic N) is 3. The quantitative estimate of drug-likeness (QED) is 0.557. The second-order valence-corrected chi connectivity index (χ2v) is 9.42. The van der Waals surface area contributed by atoms with Crippen LogP contribution in [0.1, 0.15) is 54.5 Å². The van der Waals surface area contributed by atoms with E-state index in [9.17, 15) is 9.59 Å². The molecule has 0 N–H and O–H groups in total. The molecule has 1 saturated heterocycles. The summed E-state index contributed by atoms with van der Waals surface area (Å²) >= 11 is 0. The number of benzene rings is 2. The number of methoxy groups -OCH3 is 1. The van der Waals surface area contributed by atoms with Crippen LogP contribution in [0.3, 0.4) is 0 Å². The van der Waals surface area contributed by atoms with Gasteiger partial charge in [-0.25, -0.2) is 5.01 Å². The van der Waals surface area contributed by atoms with E-state index in [1.165, 1.54) is 5.56 Å². The number of hydrogen-bond donors (Lipinski definition) is 0. The maximum absolute atomic E-state index is 13.6. The van der Waals surface area contributed by atoms with Gasteiger partial charge in [-0.1, -0.05) is 35.9 Å². The standard InChI is InChI=1S/C28H35N3O4/c1-5-35-28(33)22-7-6-14-30(17-22)18-27(32)31-26(21-9-11-23(34-4)12-10-21)16-25(29-31)24-13-8-19(2)15-20(24)3/h8-13,15,22,26H,5-7,14,16-18H2,1-4H3. The summed E-state index contributed by atoms with van der Waals surface area (Å²) in [7, 11) is 1.64. The average Bonchev–Trinajstić information content (AvgIpc) is 3.30. The number of ether oxygens (including phenoxy) is 2. The smallest absolute Gasteiger partial charge is 0.310 e. The van der Waals surface area contributed by atoms with Crippen LogP contribution in [-0.4, -0.2) is 60.8 Å². The van der Waals surface area contributed by atoms with Crippen molar-refractivity contribution < 1.29 is 19.1 Å². The van der Waals surface area contributed by atoms with Crippen LogP contribution in [0.2, 0.25) is 0 Å². The van der Waals surface area contributed by atoms with Crippen molar-refractivity contribution in [3.8, 4) is 5.75 Å². The number of esters is 1. The van der Waals surface area contributed by atoms with Crippen LogP contribution in [0.4, 0.5) is 0 Å². The lowest BCUT2D eigenvalue weighted by atomic mass is 9.95. The monoisotopic (exact) mass is 477 g/mol. The van der Waals surface area contributed by atoms with E-state index < -0.39 is 0 Å². The van der Waals surface area contributed by atoms with Crippen LogP contribution < -0.4 is 4.74 Å². The lowest BCUT2D eigenvalue weighted by Crippen LogP contribution is -2.44. The highest BCUT2D eigenvalue weighted by molar-refractivity contribution is 6.04. The molecule has 35 heavy (non-hydrogen) atoms. The minimum Gasteiger partial charge on any atom is -0.497 e. The first-order chi connectivity index (χ1) is 16.9. The average molecular weight is 478 g/mol. The molecule has 2 aromatic carbocycles. The molecule has 1 fully saturated rings. The van der Waals surface area contributed by atoms with E-state index in [2.05, 4.69) is 36.9 Å². The Morgan fingerprint density at radius 1 is 1.11 bits per heavy atom. The normalized spacial score (nSPS) is 20.5. The van der Waals surface area contributed by atoms with Crippen LogP contribution in [0, 0.1) is 19.8 Å². The van der Waals surface area contributed by atoms with Crippen molar-refractivity contribution in [3.05, 3.63) is 64.7 Å². The van der Waals surface area contributed by atoms with Gasteiger partial charge in [-0.05, 0) is 63.4 Å². The lowest BCUT2D eigenvalue weighted by molar-refractivity contribution is -0.150. The lowest BCUT2D eigenvalue weighted by Gasteiger charge is -2.32. The highest BCUT2D eigenvalue weighted by Gasteiger charge is 2.35. The predicted molar refractivity (Wildman–Crippen MR) is 135 cm³/mol. The van der Waals surface area contributed by atoms with Gasteiger partial charge >= 0.3 is 5.97 Å². The van der Waals surface area contributed by atoms with Gasteiger partial charge in [0.05, 0.1) is 37.9 Å². The first kappa shape index (κ1) is 24.9. The van der Waals surface area contributed by atoms with Crippen LogP contribution in [0.5, 0.6) is 5.75 Å². The highest BCUT2D eigenvalue weighted by atomic mass is 16.5. The third-order valence-electron chi connectivity index (χ3n) is 6.84. The van der Waals surface area contributed by atoms with E-state index >= 15 is 0 Å². The van der Waals surface area contributed by atoms with Gasteiger partial charge in [-0.2, -0.15) is 5.10 Å². The summed E-state index contributed by atoms with van der Waals surface area (Å²) in [4.78, 5) is 27.9. The largest absolute Gasteiger partial charge is 0.497 e. The second-order valence-electron chi connectivity index (χ2n) is 9.42. The number of likely N-dealkylation sites (tertiary alicyclic amines) is 1. The summed E-state index contributed by atoms with van der Waals surface area (Å²) in [6.45, 7) is 7.91. The fourth-order valence-electron chi connectivity index (χ4n) is 5.04. The number of piperidine rings is 1. The highest BCUT2D eigenvalue weighted by Crippen LogP contribution is 2.34. The molecule has 1 amide bonds. The molecule has 2 heterocycles. The Labute approximate surface area is 207 Å². The van der Waals surface area contributed by atoms with Crippen molar-refractivity contribution in [3.63, 3.8) is 0 Å². The maximum Gasteiger partial charge on any atom is 0.310 e. The molecule has 2 aliphatic heterocycles. The Bertz CT molecular complexity index is 1100. The molecular formula is C28H35N3O4. The van der Waals surface area contributed by atoms with Crippen molar-refractivity contribution >= 4 is 17.6 Å². The number of amides is 1. The van der Waals surface area contributed by atoms with Gasteiger partial charge in [0.2, 0.25) is 0 Å². The van der Waals surface area contributed by atoms with Crippen LogP contribution >= 0.6 is 0 Å². The molecule has 0 radical (unpaired) electrons. The summed E-state index contributed by atoms with van der Waals surface area (Å²) in [5, 5.41) is 6.49. The first-order valence-corrected chi connectivity index (χ1v) is 12.4. The molecule has 7 nitrogen and oxygen atoms in total. The van der Waals surface area contributed by atoms with Gasteiger partial charge in [0.25, 0.3) is 5.91 Å². The fourth-order valence-corrected chi connectivity index (χ4v) is 5.04. The van der Waals surface area contributed by atoms with Crippen molar-refractivity contribution in [1.29, 1.82) is 0 Å². The van der Waals surface area contributed by atoms with Gasteiger partial charge in [0.15, 0.2) is 0 Å². The SMILES string of the molecule is CCOC(=O)C1CCCN(CC(=O)N2N=C(c3ccc(C)cc3C)CC2c2ccc(OC)cc2)C1. The number of aryl methyl sites for hydroxylation is 2. The van der Waals surface area contributed by atoms with Gasteiger partial charge in [-0.3, -0.25) is 14.5 Å². The van der Waals surface area contributed by atoms with E-state index in [-0.39, 0.29) is 30.4 Å². The van der Waals surface area contributed by atoms with Crippen LogP contribution in [0.25, 0.3) is 0 Å². The Kier molecular flexibility index (Phi) is 7.86. The Balaban J connectivity index is 1.56. The summed E-state index contributed by atoms with van der Waals surface area (Å²) in [5.74, 6) is 0.368. The Hall–Kier alpha value is -3.19. The zero-order valence-corrected chi connectivity index (χ0v) is 21.1. The molecule has 0 aromatic heterocycles. The fraction of sp³-hybridized carbons (Fsp3) is 0.464. The van der Waals surface area contributed by atoms with E-state index in [1.54, 1.807) is 12.1 Å².